The summed E-state index contributed by atoms with van der Waals surface area (Å²) in [5.41, 5.74) is 2.28. The summed E-state index contributed by atoms with van der Waals surface area (Å²) in [4.78, 5) is 12.5. The maximum atomic E-state index is 11.6. The van der Waals surface area contributed by atoms with Crippen LogP contribution in [-0.2, 0) is 6.42 Å². The predicted molar refractivity (Wildman–Crippen MR) is 94.8 cm³/mol. The Hall–Kier alpha value is -2.31. The summed E-state index contributed by atoms with van der Waals surface area (Å²) in [7, 11) is 1.60. The molecule has 0 amide bonds. The highest BCUT2D eigenvalue weighted by Crippen LogP contribution is 2.36. The van der Waals surface area contributed by atoms with Crippen molar-refractivity contribution in [3.63, 3.8) is 0 Å². The lowest BCUT2D eigenvalue weighted by molar-refractivity contribution is 0.0689. The molecule has 0 radical (unpaired) electrons. The SMILES string of the molecule is CCc1c(C(=O)O)nn(-c2ccc(OC)cc2)c1-c1ccc(Cl)s1. The lowest BCUT2D eigenvalue weighted by Gasteiger charge is -2.08. The van der Waals surface area contributed by atoms with Crippen molar-refractivity contribution >= 4 is 28.9 Å². The molecule has 0 spiro atoms. The summed E-state index contributed by atoms with van der Waals surface area (Å²) in [6.07, 6.45) is 0.558. The van der Waals surface area contributed by atoms with E-state index in [4.69, 9.17) is 16.3 Å². The van der Waals surface area contributed by atoms with Crippen molar-refractivity contribution in [1.82, 2.24) is 9.78 Å². The first-order chi connectivity index (χ1) is 11.5. The number of nitrogens with zero attached hydrogens (tertiary/aromatic N) is 2. The topological polar surface area (TPSA) is 64.3 Å². The van der Waals surface area contributed by atoms with Crippen LogP contribution in [0.2, 0.25) is 4.34 Å². The highest BCUT2D eigenvalue weighted by atomic mass is 35.5. The van der Waals surface area contributed by atoms with Crippen molar-refractivity contribution in [3.8, 4) is 22.0 Å². The van der Waals surface area contributed by atoms with Gasteiger partial charge in [-0.25, -0.2) is 9.48 Å². The number of benzene rings is 1. The number of methoxy groups -OCH3 is 1. The molecule has 24 heavy (non-hydrogen) atoms. The van der Waals surface area contributed by atoms with Crippen LogP contribution in [-0.4, -0.2) is 28.0 Å². The zero-order valence-electron chi connectivity index (χ0n) is 13.1. The molecule has 0 bridgehead atoms. The molecular formula is C17H15ClN2O3S. The van der Waals surface area contributed by atoms with Crippen molar-refractivity contribution in [1.29, 1.82) is 0 Å². The number of hydrogen-bond acceptors (Lipinski definition) is 4. The van der Waals surface area contributed by atoms with Gasteiger partial charge in [-0.3, -0.25) is 0 Å². The van der Waals surface area contributed by atoms with Gasteiger partial charge < -0.3 is 9.84 Å². The molecular weight excluding hydrogens is 348 g/mol. The van der Waals surface area contributed by atoms with Crippen LogP contribution >= 0.6 is 22.9 Å². The van der Waals surface area contributed by atoms with Gasteiger partial charge in [0.1, 0.15) is 5.75 Å². The number of hydrogen-bond donors (Lipinski definition) is 1. The Balaban J connectivity index is 2.25. The Bertz CT molecular complexity index is 884. The quantitative estimate of drug-likeness (QED) is 0.724. The number of halogens is 1. The fourth-order valence-electron chi connectivity index (χ4n) is 2.56. The van der Waals surface area contributed by atoms with Gasteiger partial charge in [0.25, 0.3) is 0 Å². The minimum absolute atomic E-state index is 0.0628. The maximum absolute atomic E-state index is 11.6. The minimum Gasteiger partial charge on any atom is -0.497 e. The number of rotatable bonds is 5. The molecule has 5 nitrogen and oxygen atoms in total. The van der Waals surface area contributed by atoms with Gasteiger partial charge in [-0.2, -0.15) is 5.10 Å². The van der Waals surface area contributed by atoms with Gasteiger partial charge in [-0.1, -0.05) is 18.5 Å². The number of aromatic nitrogens is 2. The molecule has 3 rings (SSSR count). The molecule has 124 valence electrons. The van der Waals surface area contributed by atoms with Gasteiger partial charge in [0.15, 0.2) is 5.69 Å². The van der Waals surface area contributed by atoms with E-state index in [9.17, 15) is 9.90 Å². The molecule has 3 aromatic rings. The van der Waals surface area contributed by atoms with Crippen LogP contribution in [0, 0.1) is 0 Å². The zero-order valence-corrected chi connectivity index (χ0v) is 14.7. The third kappa shape index (κ3) is 2.90. The first-order valence-electron chi connectivity index (χ1n) is 7.30. The largest absolute Gasteiger partial charge is 0.497 e. The molecule has 0 aliphatic heterocycles. The normalized spacial score (nSPS) is 10.8. The molecule has 7 heteroatoms. The third-order valence-electron chi connectivity index (χ3n) is 3.66. The van der Waals surface area contributed by atoms with Crippen molar-refractivity contribution in [2.24, 2.45) is 0 Å². The maximum Gasteiger partial charge on any atom is 0.356 e. The smallest absolute Gasteiger partial charge is 0.356 e. The first-order valence-corrected chi connectivity index (χ1v) is 8.50. The standard InChI is InChI=1S/C17H15ClN2O3S/c1-3-12-15(17(21)22)19-20(10-4-6-11(23-2)7-5-10)16(12)13-8-9-14(18)24-13/h4-9H,3H2,1-2H3,(H,21,22). The van der Waals surface area contributed by atoms with Gasteiger partial charge in [0.2, 0.25) is 0 Å². The van der Waals surface area contributed by atoms with Crippen molar-refractivity contribution < 1.29 is 14.6 Å². The summed E-state index contributed by atoms with van der Waals surface area (Å²) >= 11 is 7.47. The fraction of sp³-hybridized carbons (Fsp3) is 0.176. The van der Waals surface area contributed by atoms with Gasteiger partial charge in [-0.05, 0) is 42.8 Å². The van der Waals surface area contributed by atoms with E-state index in [-0.39, 0.29) is 5.69 Å². The zero-order chi connectivity index (χ0) is 17.3. The number of aromatic carboxylic acids is 1. The first kappa shape index (κ1) is 16.5. The monoisotopic (exact) mass is 362 g/mol. The summed E-state index contributed by atoms with van der Waals surface area (Å²) < 4.78 is 7.47. The van der Waals surface area contributed by atoms with E-state index in [1.54, 1.807) is 17.9 Å². The van der Waals surface area contributed by atoms with Gasteiger partial charge in [-0.15, -0.1) is 11.3 Å². The van der Waals surface area contributed by atoms with E-state index < -0.39 is 5.97 Å². The summed E-state index contributed by atoms with van der Waals surface area (Å²) in [5.74, 6) is -0.316. The van der Waals surface area contributed by atoms with Crippen LogP contribution in [0.25, 0.3) is 16.3 Å². The number of thiophene rings is 1. The second-order valence-electron chi connectivity index (χ2n) is 5.05. The van der Waals surface area contributed by atoms with Crippen molar-refractivity contribution in [2.75, 3.05) is 7.11 Å². The lowest BCUT2D eigenvalue weighted by atomic mass is 10.1. The highest BCUT2D eigenvalue weighted by molar-refractivity contribution is 7.19. The Kier molecular flexibility index (Phi) is 4.59. The second kappa shape index (κ2) is 6.67. The van der Waals surface area contributed by atoms with Crippen LogP contribution in [0.3, 0.4) is 0 Å². The van der Waals surface area contributed by atoms with E-state index >= 15 is 0 Å². The van der Waals surface area contributed by atoms with E-state index in [2.05, 4.69) is 5.10 Å². The number of carbonyl (C=O) groups is 1. The van der Waals surface area contributed by atoms with Crippen molar-refractivity contribution in [3.05, 3.63) is 52.0 Å². The van der Waals surface area contributed by atoms with Gasteiger partial charge >= 0.3 is 5.97 Å². The van der Waals surface area contributed by atoms with Crippen LogP contribution in [0.5, 0.6) is 5.75 Å². The molecule has 1 N–H and O–H groups in total. The van der Waals surface area contributed by atoms with E-state index in [1.807, 2.05) is 37.3 Å². The Morgan fingerprint density at radius 3 is 2.50 bits per heavy atom. The lowest BCUT2D eigenvalue weighted by Crippen LogP contribution is -2.02. The Labute approximate surface area is 148 Å². The summed E-state index contributed by atoms with van der Waals surface area (Å²) in [5, 5.41) is 13.8. The highest BCUT2D eigenvalue weighted by Gasteiger charge is 2.24. The number of ether oxygens (including phenoxy) is 1. The Morgan fingerprint density at radius 1 is 1.29 bits per heavy atom. The molecule has 0 saturated heterocycles. The van der Waals surface area contributed by atoms with Crippen LogP contribution in [0.1, 0.15) is 23.0 Å². The fourth-order valence-corrected chi connectivity index (χ4v) is 3.66. The average molecular weight is 363 g/mol. The average Bonchev–Trinajstić information content (AvgIpc) is 3.18. The third-order valence-corrected chi connectivity index (χ3v) is 4.90. The van der Waals surface area contributed by atoms with E-state index in [1.165, 1.54) is 11.3 Å². The summed E-state index contributed by atoms with van der Waals surface area (Å²) in [6.45, 7) is 1.92. The molecule has 0 atom stereocenters. The van der Waals surface area contributed by atoms with Crippen LogP contribution in [0.4, 0.5) is 0 Å². The van der Waals surface area contributed by atoms with Gasteiger partial charge in [0.05, 0.1) is 27.7 Å². The molecule has 0 aliphatic carbocycles. The van der Waals surface area contributed by atoms with E-state index in [0.717, 1.165) is 22.0 Å². The molecule has 2 aromatic heterocycles. The predicted octanol–water partition coefficient (Wildman–Crippen LogP) is 4.52. The van der Waals surface area contributed by atoms with Crippen LogP contribution in [0.15, 0.2) is 36.4 Å². The van der Waals surface area contributed by atoms with Crippen molar-refractivity contribution in [2.45, 2.75) is 13.3 Å². The van der Waals surface area contributed by atoms with Crippen LogP contribution < -0.4 is 4.74 Å². The van der Waals surface area contributed by atoms with Gasteiger partial charge in [0, 0.05) is 5.56 Å². The molecule has 0 aliphatic rings. The Morgan fingerprint density at radius 2 is 2.00 bits per heavy atom. The minimum atomic E-state index is -1.04. The molecule has 0 saturated carbocycles. The summed E-state index contributed by atoms with van der Waals surface area (Å²) in [6, 6.07) is 11.0. The molecule has 1 aromatic carbocycles. The number of carboxylic acid groups (broad SMARTS) is 1. The molecule has 2 heterocycles. The van der Waals surface area contributed by atoms with E-state index in [0.29, 0.717) is 16.3 Å². The molecule has 0 fully saturated rings. The second-order valence-corrected chi connectivity index (χ2v) is 6.76. The molecule has 0 unspecified atom stereocenters. The number of carboxylic acids is 1.